The van der Waals surface area contributed by atoms with Gasteiger partial charge < -0.3 is 5.43 Å². The van der Waals surface area contributed by atoms with Gasteiger partial charge >= 0.3 is 0 Å². The Hall–Kier alpha value is -1.22. The quantitative estimate of drug-likeness (QED) is 0.607. The Balaban J connectivity index is 2.36. The van der Waals surface area contributed by atoms with Crippen LogP contribution in [0.1, 0.15) is 13.8 Å². The minimum atomic E-state index is -3.60. The second kappa shape index (κ2) is 5.28. The Morgan fingerprint density at radius 1 is 1.40 bits per heavy atom. The van der Waals surface area contributed by atoms with Crippen molar-refractivity contribution in [3.63, 3.8) is 0 Å². The number of piperazine rings is 1. The number of hydrazine groups is 1. The molecule has 2 heterocycles. The predicted octanol–water partition coefficient (Wildman–Crippen LogP) is 0.0819. The van der Waals surface area contributed by atoms with Gasteiger partial charge in [0.15, 0.2) is 0 Å². The molecular weight excluding hydrogens is 278 g/mol. The molecule has 0 aromatic carbocycles. The van der Waals surface area contributed by atoms with E-state index in [0.29, 0.717) is 25.3 Å². The summed E-state index contributed by atoms with van der Waals surface area (Å²) >= 11 is 0. The number of anilines is 1. The van der Waals surface area contributed by atoms with Crippen LogP contribution in [0.3, 0.4) is 0 Å². The number of hydrogen-bond donors (Lipinski definition) is 2. The molecule has 0 atom stereocenters. The second-order valence-electron chi connectivity index (χ2n) is 5.59. The average molecular weight is 299 g/mol. The molecule has 3 N–H and O–H groups in total. The predicted molar refractivity (Wildman–Crippen MR) is 77.5 cm³/mol. The van der Waals surface area contributed by atoms with Crippen molar-refractivity contribution in [2.45, 2.75) is 24.3 Å². The van der Waals surface area contributed by atoms with E-state index in [-0.39, 0.29) is 10.4 Å². The Morgan fingerprint density at radius 2 is 2.10 bits per heavy atom. The first-order valence-corrected chi connectivity index (χ1v) is 7.85. The smallest absolute Gasteiger partial charge is 0.246 e. The topological polar surface area (TPSA) is 91.6 Å². The van der Waals surface area contributed by atoms with Crippen molar-refractivity contribution in [1.29, 1.82) is 0 Å². The largest absolute Gasteiger partial charge is 0.323 e. The molecular formula is C12H21N5O2S. The SMILES string of the molecule is CN1CCN(S(=O)(=O)c2cnccc2NN)CC1(C)C. The van der Waals surface area contributed by atoms with Crippen LogP contribution < -0.4 is 11.3 Å². The highest BCUT2D eigenvalue weighted by atomic mass is 32.2. The Labute approximate surface area is 119 Å². The minimum Gasteiger partial charge on any atom is -0.323 e. The summed E-state index contributed by atoms with van der Waals surface area (Å²) in [7, 11) is -1.60. The van der Waals surface area contributed by atoms with E-state index in [2.05, 4.69) is 15.3 Å². The number of nitrogens with zero attached hydrogens (tertiary/aromatic N) is 3. The highest BCUT2D eigenvalue weighted by Gasteiger charge is 2.38. The van der Waals surface area contributed by atoms with Crippen LogP contribution in [0.5, 0.6) is 0 Å². The molecule has 1 saturated heterocycles. The molecule has 1 aromatic rings. The summed E-state index contributed by atoms with van der Waals surface area (Å²) in [4.78, 5) is 6.16. The first kappa shape index (κ1) is 15.2. The maximum Gasteiger partial charge on any atom is 0.246 e. The molecule has 0 saturated carbocycles. The van der Waals surface area contributed by atoms with Crippen molar-refractivity contribution >= 4 is 15.7 Å². The summed E-state index contributed by atoms with van der Waals surface area (Å²) in [6.07, 6.45) is 2.83. The summed E-state index contributed by atoms with van der Waals surface area (Å²) in [6, 6.07) is 1.55. The van der Waals surface area contributed by atoms with E-state index in [4.69, 9.17) is 5.84 Å². The third-order valence-electron chi connectivity index (χ3n) is 3.84. The zero-order chi connectivity index (χ0) is 15.0. The monoisotopic (exact) mass is 299 g/mol. The number of sulfonamides is 1. The lowest BCUT2D eigenvalue weighted by atomic mass is 10.0. The van der Waals surface area contributed by atoms with E-state index in [1.807, 2.05) is 20.9 Å². The number of likely N-dealkylation sites (N-methyl/N-ethyl adjacent to an activating group) is 1. The second-order valence-corrected chi connectivity index (χ2v) is 7.50. The lowest BCUT2D eigenvalue weighted by Crippen LogP contribution is -2.58. The van der Waals surface area contributed by atoms with Crippen molar-refractivity contribution in [2.24, 2.45) is 5.84 Å². The Bertz CT molecular complexity index is 587. The molecule has 0 amide bonds. The molecule has 1 aliphatic heterocycles. The lowest BCUT2D eigenvalue weighted by molar-refractivity contribution is 0.0801. The van der Waals surface area contributed by atoms with Crippen LogP contribution in [0.4, 0.5) is 5.69 Å². The molecule has 0 spiro atoms. The maximum absolute atomic E-state index is 12.7. The van der Waals surface area contributed by atoms with Gasteiger partial charge in [-0.05, 0) is 27.0 Å². The fraction of sp³-hybridized carbons (Fsp3) is 0.583. The number of rotatable bonds is 3. The molecule has 1 aliphatic rings. The fourth-order valence-corrected chi connectivity index (χ4v) is 3.93. The number of nitrogens with one attached hydrogen (secondary N) is 1. The number of nitrogens with two attached hydrogens (primary N) is 1. The number of hydrogen-bond acceptors (Lipinski definition) is 6. The van der Waals surface area contributed by atoms with Crippen LogP contribution in [0.2, 0.25) is 0 Å². The van der Waals surface area contributed by atoms with E-state index < -0.39 is 10.0 Å². The van der Waals surface area contributed by atoms with Gasteiger partial charge in [-0.25, -0.2) is 8.42 Å². The normalized spacial score (nSPS) is 20.8. The molecule has 20 heavy (non-hydrogen) atoms. The van der Waals surface area contributed by atoms with Gasteiger partial charge in [-0.15, -0.1) is 0 Å². The van der Waals surface area contributed by atoms with Gasteiger partial charge in [0.2, 0.25) is 10.0 Å². The van der Waals surface area contributed by atoms with Crippen LogP contribution in [0.15, 0.2) is 23.4 Å². The van der Waals surface area contributed by atoms with Crippen molar-refractivity contribution in [2.75, 3.05) is 32.1 Å². The van der Waals surface area contributed by atoms with Crippen LogP contribution in [0, 0.1) is 0 Å². The number of pyridine rings is 1. The van der Waals surface area contributed by atoms with E-state index in [1.54, 1.807) is 6.07 Å². The van der Waals surface area contributed by atoms with Gasteiger partial charge in [-0.2, -0.15) is 4.31 Å². The van der Waals surface area contributed by atoms with Crippen molar-refractivity contribution in [3.05, 3.63) is 18.5 Å². The van der Waals surface area contributed by atoms with Crippen LogP contribution >= 0.6 is 0 Å². The summed E-state index contributed by atoms with van der Waals surface area (Å²) in [6.45, 7) is 5.64. The van der Waals surface area contributed by atoms with Gasteiger partial charge in [-0.3, -0.25) is 15.7 Å². The molecule has 0 aliphatic carbocycles. The molecule has 0 bridgehead atoms. The molecule has 112 valence electrons. The molecule has 0 unspecified atom stereocenters. The standard InChI is InChI=1S/C12H21N5O2S/c1-12(2)9-17(7-6-16(12)3)20(18,19)11-8-14-5-4-10(11)15-13/h4-5,8H,6-7,9,13H2,1-3H3,(H,14,15). The van der Waals surface area contributed by atoms with Crippen molar-refractivity contribution < 1.29 is 8.42 Å². The van der Waals surface area contributed by atoms with E-state index in [0.717, 1.165) is 0 Å². The van der Waals surface area contributed by atoms with E-state index in [1.165, 1.54) is 16.7 Å². The van der Waals surface area contributed by atoms with Crippen molar-refractivity contribution in [3.8, 4) is 0 Å². The molecule has 8 heteroatoms. The number of nitrogen functional groups attached to an aromatic ring is 1. The summed E-state index contributed by atoms with van der Waals surface area (Å²) in [5.41, 5.74) is 2.57. The van der Waals surface area contributed by atoms with Gasteiger partial charge in [0, 0.05) is 37.6 Å². The highest BCUT2D eigenvalue weighted by Crippen LogP contribution is 2.27. The van der Waals surface area contributed by atoms with Gasteiger partial charge in [0.05, 0.1) is 5.69 Å². The zero-order valence-corrected chi connectivity index (χ0v) is 12.8. The number of aromatic nitrogens is 1. The Kier molecular flexibility index (Phi) is 4.01. The van der Waals surface area contributed by atoms with Gasteiger partial charge in [0.25, 0.3) is 0 Å². The van der Waals surface area contributed by atoms with Gasteiger partial charge in [-0.1, -0.05) is 0 Å². The van der Waals surface area contributed by atoms with Crippen molar-refractivity contribution in [1.82, 2.24) is 14.2 Å². The molecule has 7 nitrogen and oxygen atoms in total. The lowest BCUT2D eigenvalue weighted by Gasteiger charge is -2.44. The third kappa shape index (κ3) is 2.64. The van der Waals surface area contributed by atoms with Crippen LogP contribution in [0.25, 0.3) is 0 Å². The molecule has 1 aromatic heterocycles. The zero-order valence-electron chi connectivity index (χ0n) is 12.0. The average Bonchev–Trinajstić information content (AvgIpc) is 2.41. The highest BCUT2D eigenvalue weighted by molar-refractivity contribution is 7.89. The molecule has 2 rings (SSSR count). The van der Waals surface area contributed by atoms with E-state index >= 15 is 0 Å². The fourth-order valence-electron chi connectivity index (χ4n) is 2.24. The Morgan fingerprint density at radius 3 is 2.70 bits per heavy atom. The van der Waals surface area contributed by atoms with E-state index in [9.17, 15) is 8.42 Å². The van der Waals surface area contributed by atoms with Crippen LogP contribution in [-0.2, 0) is 10.0 Å². The molecule has 1 fully saturated rings. The minimum absolute atomic E-state index is 0.114. The molecule has 0 radical (unpaired) electrons. The van der Waals surface area contributed by atoms with Gasteiger partial charge in [0.1, 0.15) is 4.90 Å². The first-order valence-electron chi connectivity index (χ1n) is 6.41. The summed E-state index contributed by atoms with van der Waals surface area (Å²) < 4.78 is 27.0. The summed E-state index contributed by atoms with van der Waals surface area (Å²) in [5, 5.41) is 0. The third-order valence-corrected chi connectivity index (χ3v) is 5.71. The van der Waals surface area contributed by atoms with Crippen LogP contribution in [-0.4, -0.2) is 54.8 Å². The first-order chi connectivity index (χ1) is 9.29. The maximum atomic E-state index is 12.7. The summed E-state index contributed by atoms with van der Waals surface area (Å²) in [5.74, 6) is 5.38.